The zero-order valence-electron chi connectivity index (χ0n) is 10.0. The lowest BCUT2D eigenvalue weighted by molar-refractivity contribution is -0.121. The highest BCUT2D eigenvalue weighted by molar-refractivity contribution is 5.94. The summed E-state index contributed by atoms with van der Waals surface area (Å²) in [6.45, 7) is 6.46. The summed E-state index contributed by atoms with van der Waals surface area (Å²) >= 11 is 0. The smallest absolute Gasteiger partial charge is 0.318 e. The SMILES string of the molecule is CC(C)CN(CCCN)CC(=O)NC(N)=O. The van der Waals surface area contributed by atoms with Crippen LogP contribution in [-0.4, -0.2) is 43.0 Å². The van der Waals surface area contributed by atoms with Crippen molar-refractivity contribution in [1.29, 1.82) is 0 Å². The maximum Gasteiger partial charge on any atom is 0.318 e. The fourth-order valence-electron chi connectivity index (χ4n) is 1.45. The van der Waals surface area contributed by atoms with E-state index in [1.54, 1.807) is 0 Å². The summed E-state index contributed by atoms with van der Waals surface area (Å²) in [7, 11) is 0. The van der Waals surface area contributed by atoms with E-state index in [0.717, 1.165) is 19.5 Å². The van der Waals surface area contributed by atoms with Crippen molar-refractivity contribution >= 4 is 11.9 Å². The van der Waals surface area contributed by atoms with Crippen molar-refractivity contribution in [2.45, 2.75) is 20.3 Å². The number of carbonyl (C=O) groups excluding carboxylic acids is 2. The third kappa shape index (κ3) is 8.19. The van der Waals surface area contributed by atoms with Gasteiger partial charge in [-0.25, -0.2) is 4.79 Å². The predicted octanol–water partition coefficient (Wildman–Crippen LogP) is -0.512. The van der Waals surface area contributed by atoms with Crippen LogP contribution in [0.4, 0.5) is 4.79 Å². The van der Waals surface area contributed by atoms with E-state index in [9.17, 15) is 9.59 Å². The van der Waals surface area contributed by atoms with E-state index in [1.165, 1.54) is 0 Å². The molecule has 0 saturated heterocycles. The van der Waals surface area contributed by atoms with Crippen molar-refractivity contribution < 1.29 is 9.59 Å². The van der Waals surface area contributed by atoms with E-state index in [1.807, 2.05) is 10.2 Å². The number of rotatable bonds is 7. The molecule has 0 spiro atoms. The minimum absolute atomic E-state index is 0.182. The van der Waals surface area contributed by atoms with Gasteiger partial charge < -0.3 is 11.5 Å². The molecule has 0 saturated carbocycles. The summed E-state index contributed by atoms with van der Waals surface area (Å²) in [4.78, 5) is 23.8. The first-order valence-corrected chi connectivity index (χ1v) is 5.47. The van der Waals surface area contributed by atoms with Gasteiger partial charge in [-0.1, -0.05) is 13.8 Å². The van der Waals surface area contributed by atoms with Crippen LogP contribution < -0.4 is 16.8 Å². The minimum Gasteiger partial charge on any atom is -0.351 e. The lowest BCUT2D eigenvalue weighted by Crippen LogP contribution is -2.43. The second kappa shape index (κ2) is 8.06. The van der Waals surface area contributed by atoms with Crippen LogP contribution >= 0.6 is 0 Å². The van der Waals surface area contributed by atoms with E-state index >= 15 is 0 Å². The maximum absolute atomic E-state index is 11.3. The molecule has 0 atom stereocenters. The summed E-state index contributed by atoms with van der Waals surface area (Å²) in [5.41, 5.74) is 10.3. The first kappa shape index (κ1) is 14.9. The fourth-order valence-corrected chi connectivity index (χ4v) is 1.45. The molecule has 0 aliphatic carbocycles. The van der Waals surface area contributed by atoms with Gasteiger partial charge in [-0.05, 0) is 25.4 Å². The molecule has 0 aliphatic heterocycles. The molecule has 0 aromatic carbocycles. The number of primary amides is 1. The Labute approximate surface area is 96.3 Å². The first-order chi connectivity index (χ1) is 7.45. The van der Waals surface area contributed by atoms with Crippen LogP contribution in [-0.2, 0) is 4.79 Å². The maximum atomic E-state index is 11.3. The third-order valence-electron chi connectivity index (χ3n) is 1.93. The monoisotopic (exact) mass is 230 g/mol. The van der Waals surface area contributed by atoms with Crippen molar-refractivity contribution in [3.8, 4) is 0 Å². The Hall–Kier alpha value is -1.14. The predicted molar refractivity (Wildman–Crippen MR) is 62.7 cm³/mol. The molecular formula is C10H22N4O2. The van der Waals surface area contributed by atoms with Crippen LogP contribution in [0.5, 0.6) is 0 Å². The van der Waals surface area contributed by atoms with Crippen LogP contribution in [0.25, 0.3) is 0 Å². The van der Waals surface area contributed by atoms with E-state index < -0.39 is 6.03 Å². The number of hydrogen-bond acceptors (Lipinski definition) is 4. The van der Waals surface area contributed by atoms with E-state index in [4.69, 9.17) is 11.5 Å². The molecule has 16 heavy (non-hydrogen) atoms. The summed E-state index contributed by atoms with van der Waals surface area (Å²) < 4.78 is 0. The molecule has 0 radical (unpaired) electrons. The Morgan fingerprint density at radius 3 is 2.44 bits per heavy atom. The molecule has 0 aliphatic rings. The Morgan fingerprint density at radius 1 is 1.38 bits per heavy atom. The number of hydrogen-bond donors (Lipinski definition) is 3. The molecule has 6 heteroatoms. The summed E-state index contributed by atoms with van der Waals surface area (Å²) in [6.07, 6.45) is 0.830. The van der Waals surface area contributed by atoms with Crippen LogP contribution in [0.3, 0.4) is 0 Å². The molecule has 0 rings (SSSR count). The average Bonchev–Trinajstić information content (AvgIpc) is 2.11. The van der Waals surface area contributed by atoms with Crippen LogP contribution in [0.1, 0.15) is 20.3 Å². The second-order valence-corrected chi connectivity index (χ2v) is 4.18. The first-order valence-electron chi connectivity index (χ1n) is 5.47. The number of urea groups is 1. The number of nitrogens with two attached hydrogens (primary N) is 2. The largest absolute Gasteiger partial charge is 0.351 e. The van der Waals surface area contributed by atoms with E-state index in [0.29, 0.717) is 12.5 Å². The third-order valence-corrected chi connectivity index (χ3v) is 1.93. The number of nitrogens with zero attached hydrogens (tertiary/aromatic N) is 1. The molecule has 0 heterocycles. The number of imide groups is 1. The molecule has 0 fully saturated rings. The molecule has 6 nitrogen and oxygen atoms in total. The summed E-state index contributed by atoms with van der Waals surface area (Å²) in [6, 6.07) is -0.812. The molecule has 0 unspecified atom stereocenters. The number of nitrogens with one attached hydrogen (secondary N) is 1. The van der Waals surface area contributed by atoms with Gasteiger partial charge in [0.25, 0.3) is 0 Å². The van der Waals surface area contributed by atoms with Gasteiger partial charge in [0.15, 0.2) is 0 Å². The molecule has 0 bridgehead atoms. The van der Waals surface area contributed by atoms with E-state index in [2.05, 4.69) is 13.8 Å². The van der Waals surface area contributed by atoms with Gasteiger partial charge in [0.05, 0.1) is 6.54 Å². The summed E-state index contributed by atoms with van der Waals surface area (Å²) in [5, 5.41) is 2.05. The molecule has 3 amide bonds. The normalized spacial score (nSPS) is 10.8. The van der Waals surface area contributed by atoms with Gasteiger partial charge in [0.1, 0.15) is 0 Å². The Morgan fingerprint density at radius 2 is 2.00 bits per heavy atom. The molecule has 0 aromatic rings. The van der Waals surface area contributed by atoms with Crippen LogP contribution in [0.2, 0.25) is 0 Å². The lowest BCUT2D eigenvalue weighted by Gasteiger charge is -2.22. The van der Waals surface area contributed by atoms with Gasteiger partial charge in [-0.15, -0.1) is 0 Å². The number of amides is 3. The van der Waals surface area contributed by atoms with Gasteiger partial charge in [-0.2, -0.15) is 0 Å². The zero-order chi connectivity index (χ0) is 12.6. The Bertz CT molecular complexity index is 231. The average molecular weight is 230 g/mol. The highest BCUT2D eigenvalue weighted by atomic mass is 16.2. The van der Waals surface area contributed by atoms with Gasteiger partial charge in [0.2, 0.25) is 5.91 Å². The van der Waals surface area contributed by atoms with Gasteiger partial charge >= 0.3 is 6.03 Å². The molecule has 0 aromatic heterocycles. The van der Waals surface area contributed by atoms with Crippen molar-refractivity contribution in [3.05, 3.63) is 0 Å². The van der Waals surface area contributed by atoms with Crippen molar-refractivity contribution in [3.63, 3.8) is 0 Å². The Kier molecular flexibility index (Phi) is 7.49. The van der Waals surface area contributed by atoms with Crippen LogP contribution in [0.15, 0.2) is 0 Å². The summed E-state index contributed by atoms with van der Waals surface area (Å²) in [5.74, 6) is 0.0873. The highest BCUT2D eigenvalue weighted by Gasteiger charge is 2.12. The number of carbonyl (C=O) groups is 2. The van der Waals surface area contributed by atoms with Crippen molar-refractivity contribution in [1.82, 2.24) is 10.2 Å². The minimum atomic E-state index is -0.812. The quantitative estimate of drug-likeness (QED) is 0.548. The highest BCUT2D eigenvalue weighted by Crippen LogP contribution is 1.99. The van der Waals surface area contributed by atoms with Gasteiger partial charge in [-0.3, -0.25) is 15.0 Å². The second-order valence-electron chi connectivity index (χ2n) is 4.18. The molecule has 5 N–H and O–H groups in total. The van der Waals surface area contributed by atoms with E-state index in [-0.39, 0.29) is 12.5 Å². The zero-order valence-corrected chi connectivity index (χ0v) is 10.0. The van der Waals surface area contributed by atoms with Gasteiger partial charge in [0, 0.05) is 6.54 Å². The van der Waals surface area contributed by atoms with Crippen molar-refractivity contribution in [2.75, 3.05) is 26.2 Å². The molecule has 94 valence electrons. The Balaban J connectivity index is 4.07. The topological polar surface area (TPSA) is 101 Å². The standard InChI is InChI=1S/C10H22N4O2/c1-8(2)6-14(5-3-4-11)7-9(15)13-10(12)16/h8H,3-7,11H2,1-2H3,(H3,12,13,15,16). The lowest BCUT2D eigenvalue weighted by atomic mass is 10.2. The molecular weight excluding hydrogens is 208 g/mol. The van der Waals surface area contributed by atoms with Crippen molar-refractivity contribution in [2.24, 2.45) is 17.4 Å². The fraction of sp³-hybridized carbons (Fsp3) is 0.800. The van der Waals surface area contributed by atoms with Crippen LogP contribution in [0, 0.1) is 5.92 Å².